The van der Waals surface area contributed by atoms with Crippen molar-refractivity contribution in [2.45, 2.75) is 30.8 Å². The molecule has 1 aliphatic carbocycles. The number of hydrogen-bond donors (Lipinski definition) is 1. The number of ether oxygens (including phenoxy) is 1. The number of aliphatic hydroxyl groups is 1. The van der Waals surface area contributed by atoms with Crippen LogP contribution in [0.5, 0.6) is 5.75 Å². The number of halogens is 1. The molecule has 6 heteroatoms. The van der Waals surface area contributed by atoms with Crippen molar-refractivity contribution in [3.05, 3.63) is 65.1 Å². The van der Waals surface area contributed by atoms with Crippen LogP contribution < -0.4 is 4.74 Å². The van der Waals surface area contributed by atoms with Gasteiger partial charge in [-0.3, -0.25) is 9.80 Å². The number of hydrogen-bond acceptors (Lipinski definition) is 4. The molecule has 3 heterocycles. The molecule has 1 saturated carbocycles. The summed E-state index contributed by atoms with van der Waals surface area (Å²) in [6.45, 7) is 4.96. The standard InChI is InChI=1S/C27H32FN3O2/c1-29-23-11-21(33-2)9-10-22(23)25-26(29)24(14-32)31(13-19-3-4-19)17-27(25)15-30(16-27)12-18-5-7-20(28)8-6-18/h5-11,19,24,32H,3-4,12-17H2,1-2H3/t24-/m0/s1. The number of aliphatic hydroxyl groups excluding tert-OH is 1. The average molecular weight is 450 g/mol. The molecule has 0 amide bonds. The Morgan fingerprint density at radius 2 is 1.85 bits per heavy atom. The van der Waals surface area contributed by atoms with Crippen LogP contribution in [0.15, 0.2) is 42.5 Å². The second kappa shape index (κ2) is 7.83. The van der Waals surface area contributed by atoms with Gasteiger partial charge in [-0.2, -0.15) is 0 Å². The van der Waals surface area contributed by atoms with E-state index in [1.165, 1.54) is 35.0 Å². The summed E-state index contributed by atoms with van der Waals surface area (Å²) in [5.74, 6) is 1.44. The Bertz CT molecular complexity index is 1180. The van der Waals surface area contributed by atoms with Gasteiger partial charge in [-0.1, -0.05) is 12.1 Å². The number of rotatable bonds is 6. The summed E-state index contributed by atoms with van der Waals surface area (Å²) < 4.78 is 21.2. The third kappa shape index (κ3) is 3.47. The lowest BCUT2D eigenvalue weighted by molar-refractivity contribution is -0.0113. The van der Waals surface area contributed by atoms with Gasteiger partial charge in [-0.25, -0.2) is 4.39 Å². The molecule has 1 atom stereocenters. The van der Waals surface area contributed by atoms with Gasteiger partial charge in [-0.15, -0.1) is 0 Å². The Hall–Kier alpha value is -2.41. The number of aromatic nitrogens is 1. The molecule has 1 aromatic heterocycles. The zero-order valence-electron chi connectivity index (χ0n) is 19.4. The van der Waals surface area contributed by atoms with E-state index in [1.54, 1.807) is 19.2 Å². The van der Waals surface area contributed by atoms with E-state index < -0.39 is 0 Å². The second-order valence-corrected chi connectivity index (χ2v) is 10.3. The maximum atomic E-state index is 13.3. The van der Waals surface area contributed by atoms with E-state index >= 15 is 0 Å². The fourth-order valence-electron chi connectivity index (χ4n) is 6.31. The molecule has 0 radical (unpaired) electrons. The molecule has 174 valence electrons. The minimum atomic E-state index is -0.187. The van der Waals surface area contributed by atoms with Gasteiger partial charge in [0.2, 0.25) is 0 Å². The van der Waals surface area contributed by atoms with E-state index in [1.807, 2.05) is 12.1 Å². The van der Waals surface area contributed by atoms with Crippen LogP contribution in [-0.4, -0.2) is 59.4 Å². The first kappa shape index (κ1) is 21.1. The summed E-state index contributed by atoms with van der Waals surface area (Å²) in [6, 6.07) is 13.3. The highest BCUT2D eigenvalue weighted by Crippen LogP contribution is 2.50. The van der Waals surface area contributed by atoms with Crippen molar-refractivity contribution in [1.29, 1.82) is 0 Å². The summed E-state index contributed by atoms with van der Waals surface area (Å²) >= 11 is 0. The van der Waals surface area contributed by atoms with Gasteiger partial charge in [0.05, 0.1) is 25.3 Å². The van der Waals surface area contributed by atoms with E-state index in [2.05, 4.69) is 39.6 Å². The average Bonchev–Trinajstić information content (AvgIpc) is 3.57. The topological polar surface area (TPSA) is 40.9 Å². The van der Waals surface area contributed by atoms with Crippen molar-refractivity contribution in [3.8, 4) is 5.75 Å². The van der Waals surface area contributed by atoms with Crippen molar-refractivity contribution >= 4 is 10.9 Å². The maximum Gasteiger partial charge on any atom is 0.123 e. The summed E-state index contributed by atoms with van der Waals surface area (Å²) in [5, 5.41) is 11.8. The fourth-order valence-corrected chi connectivity index (χ4v) is 6.31. The van der Waals surface area contributed by atoms with E-state index in [4.69, 9.17) is 4.74 Å². The monoisotopic (exact) mass is 449 g/mol. The Labute approximate surface area is 194 Å². The lowest BCUT2D eigenvalue weighted by atomic mass is 9.68. The molecule has 0 unspecified atom stereocenters. The minimum Gasteiger partial charge on any atom is -0.497 e. The predicted octanol–water partition coefficient (Wildman–Crippen LogP) is 3.84. The highest BCUT2D eigenvalue weighted by Gasteiger charge is 2.53. The van der Waals surface area contributed by atoms with E-state index in [9.17, 15) is 9.50 Å². The smallest absolute Gasteiger partial charge is 0.123 e. The summed E-state index contributed by atoms with van der Waals surface area (Å²) in [6.07, 6.45) is 2.61. The van der Waals surface area contributed by atoms with Gasteiger partial charge in [-0.05, 0) is 54.2 Å². The number of fused-ring (bicyclic) bond motifs is 4. The van der Waals surface area contributed by atoms with Crippen LogP contribution in [0, 0.1) is 11.7 Å². The molecule has 33 heavy (non-hydrogen) atoms. The SMILES string of the molecule is COc1ccc2c3c(n(C)c2c1)[C@H](CO)N(CC1CC1)CC31CN(Cc2ccc(F)cc2)C1. The summed E-state index contributed by atoms with van der Waals surface area (Å²) in [4.78, 5) is 5.01. The first-order chi connectivity index (χ1) is 16.0. The molecule has 1 spiro atoms. The Balaban J connectivity index is 1.40. The molecular formula is C27H32FN3O2. The molecule has 2 aromatic carbocycles. The van der Waals surface area contributed by atoms with Crippen LogP contribution in [0.2, 0.25) is 0 Å². The van der Waals surface area contributed by atoms with Crippen LogP contribution in [0.25, 0.3) is 10.9 Å². The first-order valence-electron chi connectivity index (χ1n) is 12.0. The molecular weight excluding hydrogens is 417 g/mol. The van der Waals surface area contributed by atoms with Crippen molar-refractivity contribution in [2.75, 3.05) is 39.9 Å². The van der Waals surface area contributed by atoms with Crippen LogP contribution in [0.3, 0.4) is 0 Å². The lowest BCUT2D eigenvalue weighted by Gasteiger charge is -2.56. The van der Waals surface area contributed by atoms with E-state index in [0.717, 1.165) is 50.0 Å². The van der Waals surface area contributed by atoms with Gasteiger partial charge < -0.3 is 14.4 Å². The van der Waals surface area contributed by atoms with Crippen LogP contribution in [0.1, 0.15) is 35.7 Å². The Morgan fingerprint density at radius 1 is 1.09 bits per heavy atom. The largest absolute Gasteiger partial charge is 0.497 e. The number of benzene rings is 2. The zero-order chi connectivity index (χ0) is 22.7. The molecule has 5 nitrogen and oxygen atoms in total. The third-order valence-corrected chi connectivity index (χ3v) is 7.98. The van der Waals surface area contributed by atoms with Gasteiger partial charge in [0.1, 0.15) is 11.6 Å². The van der Waals surface area contributed by atoms with Crippen LogP contribution in [-0.2, 0) is 19.0 Å². The molecule has 1 saturated heterocycles. The highest BCUT2D eigenvalue weighted by molar-refractivity contribution is 5.89. The van der Waals surface area contributed by atoms with Gasteiger partial charge in [0, 0.05) is 62.3 Å². The number of methoxy groups -OCH3 is 1. The van der Waals surface area contributed by atoms with E-state index in [-0.39, 0.29) is 23.9 Å². The fraction of sp³-hybridized carbons (Fsp3) is 0.481. The molecule has 3 aromatic rings. The van der Waals surface area contributed by atoms with E-state index in [0.29, 0.717) is 0 Å². The van der Waals surface area contributed by atoms with Gasteiger partial charge >= 0.3 is 0 Å². The normalized spacial score (nSPS) is 22.5. The van der Waals surface area contributed by atoms with Crippen molar-refractivity contribution in [3.63, 3.8) is 0 Å². The summed E-state index contributed by atoms with van der Waals surface area (Å²) in [5.41, 5.74) is 5.03. The molecule has 2 fully saturated rings. The summed E-state index contributed by atoms with van der Waals surface area (Å²) in [7, 11) is 3.84. The number of nitrogens with zero attached hydrogens (tertiary/aromatic N) is 3. The van der Waals surface area contributed by atoms with Crippen molar-refractivity contribution in [1.82, 2.24) is 14.4 Å². The van der Waals surface area contributed by atoms with Crippen LogP contribution in [0.4, 0.5) is 4.39 Å². The first-order valence-corrected chi connectivity index (χ1v) is 12.0. The van der Waals surface area contributed by atoms with Crippen LogP contribution >= 0.6 is 0 Å². The van der Waals surface area contributed by atoms with Crippen molar-refractivity contribution < 1.29 is 14.2 Å². The molecule has 6 rings (SSSR count). The third-order valence-electron chi connectivity index (χ3n) is 7.98. The maximum absolute atomic E-state index is 13.3. The highest BCUT2D eigenvalue weighted by atomic mass is 19.1. The molecule has 0 bridgehead atoms. The second-order valence-electron chi connectivity index (χ2n) is 10.3. The lowest BCUT2D eigenvalue weighted by Crippen LogP contribution is -2.66. The Kier molecular flexibility index (Phi) is 5.02. The molecule has 1 N–H and O–H groups in total. The molecule has 2 aliphatic heterocycles. The van der Waals surface area contributed by atoms with Gasteiger partial charge in [0.15, 0.2) is 0 Å². The Morgan fingerprint density at radius 3 is 2.52 bits per heavy atom. The quantitative estimate of drug-likeness (QED) is 0.621. The van der Waals surface area contributed by atoms with Gasteiger partial charge in [0.25, 0.3) is 0 Å². The minimum absolute atomic E-state index is 0.0285. The zero-order valence-corrected chi connectivity index (χ0v) is 19.4. The van der Waals surface area contributed by atoms with Crippen molar-refractivity contribution in [2.24, 2.45) is 13.0 Å². The number of aryl methyl sites for hydroxylation is 1. The number of likely N-dealkylation sites (tertiary alicyclic amines) is 1. The molecule has 3 aliphatic rings. The predicted molar refractivity (Wildman–Crippen MR) is 127 cm³/mol.